The Morgan fingerprint density at radius 2 is 1.94 bits per heavy atom. The number of aliphatic hydroxyl groups is 2. The number of amides is 1. The molecule has 0 aromatic heterocycles. The lowest BCUT2D eigenvalue weighted by atomic mass is 10.0. The number of rotatable bonds is 5. The van der Waals surface area contributed by atoms with E-state index in [2.05, 4.69) is 5.32 Å². The van der Waals surface area contributed by atoms with Gasteiger partial charge < -0.3 is 21.3 Å². The number of carbonyl (C=O) groups excluding carboxylic acids is 1. The van der Waals surface area contributed by atoms with Gasteiger partial charge in [0.15, 0.2) is 0 Å². The molecule has 6 nitrogen and oxygen atoms in total. The van der Waals surface area contributed by atoms with E-state index in [9.17, 15) is 4.79 Å². The van der Waals surface area contributed by atoms with E-state index in [1.807, 2.05) is 4.90 Å². The van der Waals surface area contributed by atoms with E-state index in [1.54, 1.807) is 6.92 Å². The zero-order valence-corrected chi connectivity index (χ0v) is 10.4. The first-order chi connectivity index (χ1) is 7.99. The van der Waals surface area contributed by atoms with Gasteiger partial charge in [0.1, 0.15) is 0 Å². The van der Waals surface area contributed by atoms with Crippen molar-refractivity contribution in [2.45, 2.75) is 31.3 Å². The van der Waals surface area contributed by atoms with Gasteiger partial charge in [-0.3, -0.25) is 9.69 Å². The summed E-state index contributed by atoms with van der Waals surface area (Å²) in [4.78, 5) is 13.8. The van der Waals surface area contributed by atoms with Crippen LogP contribution < -0.4 is 11.1 Å². The quantitative estimate of drug-likeness (QED) is 0.461. The van der Waals surface area contributed by atoms with Crippen LogP contribution in [0.1, 0.15) is 19.8 Å². The number of hydrogen-bond donors (Lipinski definition) is 4. The van der Waals surface area contributed by atoms with Gasteiger partial charge in [0.2, 0.25) is 5.91 Å². The standard InChI is InChI=1S/C11H23N3O3/c1-11(7-15,8-16)13-10(17)6-14-4-2-9(12)3-5-14/h9,15-16H,2-8,12H2,1H3,(H,13,17). The molecule has 1 fully saturated rings. The highest BCUT2D eigenvalue weighted by atomic mass is 16.3. The second-order valence-electron chi connectivity index (χ2n) is 5.04. The average molecular weight is 245 g/mol. The molecule has 0 radical (unpaired) electrons. The molecule has 17 heavy (non-hydrogen) atoms. The second-order valence-corrected chi connectivity index (χ2v) is 5.04. The van der Waals surface area contributed by atoms with Crippen LogP contribution in [0, 0.1) is 0 Å². The van der Waals surface area contributed by atoms with Crippen molar-refractivity contribution in [3.63, 3.8) is 0 Å². The van der Waals surface area contributed by atoms with Gasteiger partial charge in [0.05, 0.1) is 25.3 Å². The van der Waals surface area contributed by atoms with Gasteiger partial charge in [0, 0.05) is 19.1 Å². The van der Waals surface area contributed by atoms with E-state index in [0.717, 1.165) is 25.9 Å². The Balaban J connectivity index is 2.34. The van der Waals surface area contributed by atoms with E-state index >= 15 is 0 Å². The first-order valence-electron chi connectivity index (χ1n) is 6.00. The van der Waals surface area contributed by atoms with Crippen molar-refractivity contribution in [1.29, 1.82) is 0 Å². The number of piperidine rings is 1. The SMILES string of the molecule is CC(CO)(CO)NC(=O)CN1CCC(N)CC1. The highest BCUT2D eigenvalue weighted by Crippen LogP contribution is 2.08. The molecule has 5 N–H and O–H groups in total. The summed E-state index contributed by atoms with van der Waals surface area (Å²) < 4.78 is 0. The largest absolute Gasteiger partial charge is 0.394 e. The fourth-order valence-corrected chi connectivity index (χ4v) is 1.82. The third kappa shape index (κ3) is 4.59. The van der Waals surface area contributed by atoms with Crippen molar-refractivity contribution in [3.05, 3.63) is 0 Å². The van der Waals surface area contributed by atoms with Crippen LogP contribution >= 0.6 is 0 Å². The van der Waals surface area contributed by atoms with E-state index in [1.165, 1.54) is 0 Å². The van der Waals surface area contributed by atoms with Gasteiger partial charge >= 0.3 is 0 Å². The minimum Gasteiger partial charge on any atom is -0.394 e. The Kier molecular flexibility index (Phi) is 5.32. The molecule has 100 valence electrons. The van der Waals surface area contributed by atoms with Crippen molar-refractivity contribution in [3.8, 4) is 0 Å². The van der Waals surface area contributed by atoms with Crippen LogP contribution in [-0.2, 0) is 4.79 Å². The average Bonchev–Trinajstić information content (AvgIpc) is 2.32. The van der Waals surface area contributed by atoms with Crippen LogP contribution in [0.2, 0.25) is 0 Å². The molecule has 0 spiro atoms. The van der Waals surface area contributed by atoms with Crippen LogP contribution in [0.3, 0.4) is 0 Å². The number of carbonyl (C=O) groups is 1. The molecular formula is C11H23N3O3. The van der Waals surface area contributed by atoms with Crippen molar-refractivity contribution in [2.24, 2.45) is 5.73 Å². The maximum absolute atomic E-state index is 11.7. The normalized spacial score (nSPS) is 19.3. The van der Waals surface area contributed by atoms with Crippen molar-refractivity contribution < 1.29 is 15.0 Å². The van der Waals surface area contributed by atoms with Crippen LogP contribution in [0.5, 0.6) is 0 Å². The van der Waals surface area contributed by atoms with Gasteiger partial charge in [-0.15, -0.1) is 0 Å². The van der Waals surface area contributed by atoms with Gasteiger partial charge in [-0.25, -0.2) is 0 Å². The molecule has 1 aliphatic heterocycles. The number of nitrogens with one attached hydrogen (secondary N) is 1. The van der Waals surface area contributed by atoms with E-state index in [-0.39, 0.29) is 25.2 Å². The van der Waals surface area contributed by atoms with Crippen molar-refractivity contribution in [1.82, 2.24) is 10.2 Å². The lowest BCUT2D eigenvalue weighted by molar-refractivity contribution is -0.125. The summed E-state index contributed by atoms with van der Waals surface area (Å²) in [7, 11) is 0. The third-order valence-corrected chi connectivity index (χ3v) is 3.14. The maximum atomic E-state index is 11.7. The fourth-order valence-electron chi connectivity index (χ4n) is 1.82. The number of aliphatic hydroxyl groups excluding tert-OH is 2. The molecular weight excluding hydrogens is 222 g/mol. The molecule has 1 amide bonds. The van der Waals surface area contributed by atoms with Crippen LogP contribution in [0.15, 0.2) is 0 Å². The highest BCUT2D eigenvalue weighted by molar-refractivity contribution is 5.78. The summed E-state index contributed by atoms with van der Waals surface area (Å²) in [5.74, 6) is -0.175. The first kappa shape index (κ1) is 14.4. The predicted octanol–water partition coefficient (Wildman–Crippen LogP) is -1.73. The number of hydrogen-bond acceptors (Lipinski definition) is 5. The third-order valence-electron chi connectivity index (χ3n) is 3.14. The van der Waals surface area contributed by atoms with Gasteiger partial charge in [0.25, 0.3) is 0 Å². The van der Waals surface area contributed by atoms with Gasteiger partial charge in [-0.05, 0) is 19.8 Å². The van der Waals surface area contributed by atoms with Crippen LogP contribution in [0.25, 0.3) is 0 Å². The zero-order valence-electron chi connectivity index (χ0n) is 10.4. The Hall–Kier alpha value is -0.690. The summed E-state index contributed by atoms with van der Waals surface area (Å²) in [6.45, 7) is 2.99. The summed E-state index contributed by atoms with van der Waals surface area (Å²) in [6.07, 6.45) is 1.81. The van der Waals surface area contributed by atoms with E-state index in [0.29, 0.717) is 6.54 Å². The number of nitrogens with two attached hydrogens (primary N) is 1. The maximum Gasteiger partial charge on any atom is 0.234 e. The van der Waals surface area contributed by atoms with Crippen molar-refractivity contribution in [2.75, 3.05) is 32.8 Å². The molecule has 0 saturated carbocycles. The molecule has 0 bridgehead atoms. The summed E-state index contributed by atoms with van der Waals surface area (Å²) >= 11 is 0. The lowest BCUT2D eigenvalue weighted by Crippen LogP contribution is -2.55. The Labute approximate surface area is 102 Å². The second kappa shape index (κ2) is 6.30. The Morgan fingerprint density at radius 3 is 2.41 bits per heavy atom. The predicted molar refractivity (Wildman–Crippen MR) is 64.4 cm³/mol. The van der Waals surface area contributed by atoms with E-state index in [4.69, 9.17) is 15.9 Å². The zero-order chi connectivity index (χ0) is 12.9. The summed E-state index contributed by atoms with van der Waals surface area (Å²) in [5.41, 5.74) is 4.84. The fraction of sp³-hybridized carbons (Fsp3) is 0.909. The lowest BCUT2D eigenvalue weighted by Gasteiger charge is -2.31. The van der Waals surface area contributed by atoms with Crippen molar-refractivity contribution >= 4 is 5.91 Å². The minimum atomic E-state index is -0.941. The van der Waals surface area contributed by atoms with Gasteiger partial charge in [-0.2, -0.15) is 0 Å². The first-order valence-corrected chi connectivity index (χ1v) is 6.00. The number of nitrogens with zero attached hydrogens (tertiary/aromatic N) is 1. The molecule has 0 aliphatic carbocycles. The molecule has 0 aromatic carbocycles. The Morgan fingerprint density at radius 1 is 1.41 bits per heavy atom. The monoisotopic (exact) mass is 245 g/mol. The molecule has 1 heterocycles. The Bertz CT molecular complexity index is 248. The molecule has 0 unspecified atom stereocenters. The number of likely N-dealkylation sites (tertiary alicyclic amines) is 1. The molecule has 0 aromatic rings. The summed E-state index contributed by atoms with van der Waals surface area (Å²) in [5, 5.41) is 20.8. The smallest absolute Gasteiger partial charge is 0.234 e. The molecule has 1 aliphatic rings. The van der Waals surface area contributed by atoms with Crippen LogP contribution in [0.4, 0.5) is 0 Å². The minimum absolute atomic E-state index is 0.175. The molecule has 6 heteroatoms. The highest BCUT2D eigenvalue weighted by Gasteiger charge is 2.26. The molecule has 1 saturated heterocycles. The van der Waals surface area contributed by atoms with Crippen LogP contribution in [-0.4, -0.2) is 65.4 Å². The van der Waals surface area contributed by atoms with E-state index < -0.39 is 5.54 Å². The molecule has 0 atom stereocenters. The van der Waals surface area contributed by atoms with Gasteiger partial charge in [-0.1, -0.05) is 0 Å². The molecule has 1 rings (SSSR count). The topological polar surface area (TPSA) is 98.8 Å². The summed E-state index contributed by atoms with van der Waals surface area (Å²) in [6, 6.07) is 0.245.